The van der Waals surface area contributed by atoms with E-state index < -0.39 is 0 Å². The molecule has 0 aliphatic carbocycles. The van der Waals surface area contributed by atoms with Gasteiger partial charge < -0.3 is 10.6 Å². The van der Waals surface area contributed by atoms with E-state index in [2.05, 4.69) is 50.4 Å². The summed E-state index contributed by atoms with van der Waals surface area (Å²) < 4.78 is 1.59. The number of nitrogens with zero attached hydrogens (tertiary/aromatic N) is 4. The van der Waals surface area contributed by atoms with Crippen LogP contribution in [-0.4, -0.2) is 50.8 Å². The third-order valence-corrected chi connectivity index (χ3v) is 4.98. The first kappa shape index (κ1) is 17.1. The Hall–Kier alpha value is -2.36. The molecule has 0 bridgehead atoms. The molecule has 0 aromatic carbocycles. The van der Waals surface area contributed by atoms with Crippen LogP contribution in [0.1, 0.15) is 31.9 Å². The molecule has 2 aromatic heterocycles. The second-order valence-electron chi connectivity index (χ2n) is 7.09. The van der Waals surface area contributed by atoms with Crippen LogP contribution in [0.25, 0.3) is 5.95 Å². The fourth-order valence-corrected chi connectivity index (χ4v) is 3.50. The lowest BCUT2D eigenvalue weighted by Gasteiger charge is -2.27. The SMILES string of the molecule is CC(C)c1cc(NC(=O)C2NNC3CCNCC32)n(-c2ncccn2)n1. The second-order valence-corrected chi connectivity index (χ2v) is 7.09. The third kappa shape index (κ3) is 3.20. The van der Waals surface area contributed by atoms with Crippen molar-refractivity contribution < 1.29 is 4.79 Å². The predicted molar refractivity (Wildman–Crippen MR) is 96.7 cm³/mol. The Morgan fingerprint density at radius 1 is 1.31 bits per heavy atom. The van der Waals surface area contributed by atoms with E-state index in [0.717, 1.165) is 25.2 Å². The van der Waals surface area contributed by atoms with E-state index in [1.165, 1.54) is 0 Å². The summed E-state index contributed by atoms with van der Waals surface area (Å²) in [5, 5.41) is 10.9. The van der Waals surface area contributed by atoms with Crippen LogP contribution in [0.5, 0.6) is 0 Å². The lowest BCUT2D eigenvalue weighted by molar-refractivity contribution is -0.118. The molecule has 26 heavy (non-hydrogen) atoms. The summed E-state index contributed by atoms with van der Waals surface area (Å²) in [6, 6.07) is 3.66. The number of hydrogen-bond acceptors (Lipinski definition) is 7. The maximum Gasteiger partial charge on any atom is 0.252 e. The fraction of sp³-hybridized carbons (Fsp3) is 0.529. The van der Waals surface area contributed by atoms with Gasteiger partial charge in [0, 0.05) is 37.0 Å². The first-order valence-corrected chi connectivity index (χ1v) is 9.03. The van der Waals surface area contributed by atoms with Crippen LogP contribution in [0.15, 0.2) is 24.5 Å². The summed E-state index contributed by atoms with van der Waals surface area (Å²) >= 11 is 0. The Kier molecular flexibility index (Phi) is 4.66. The molecule has 2 aliphatic heterocycles. The number of fused-ring (bicyclic) bond motifs is 1. The van der Waals surface area contributed by atoms with Gasteiger partial charge in [0.05, 0.1) is 5.69 Å². The van der Waals surface area contributed by atoms with E-state index in [9.17, 15) is 4.79 Å². The first-order valence-electron chi connectivity index (χ1n) is 9.03. The molecule has 9 heteroatoms. The van der Waals surface area contributed by atoms with Crippen LogP contribution in [0, 0.1) is 5.92 Å². The molecule has 0 radical (unpaired) electrons. The van der Waals surface area contributed by atoms with Gasteiger partial charge in [-0.2, -0.15) is 9.78 Å². The Labute approximate surface area is 152 Å². The van der Waals surface area contributed by atoms with Gasteiger partial charge in [0.2, 0.25) is 5.91 Å². The van der Waals surface area contributed by atoms with Crippen molar-refractivity contribution in [2.24, 2.45) is 5.92 Å². The van der Waals surface area contributed by atoms with Crippen LogP contribution in [0.4, 0.5) is 5.82 Å². The topological polar surface area (TPSA) is 109 Å². The molecule has 138 valence electrons. The maximum atomic E-state index is 12.9. The van der Waals surface area contributed by atoms with Crippen LogP contribution in [0.3, 0.4) is 0 Å². The molecule has 4 rings (SSSR count). The molecular formula is C17H24N8O. The van der Waals surface area contributed by atoms with Gasteiger partial charge in [-0.3, -0.25) is 10.2 Å². The minimum atomic E-state index is -0.296. The number of hydrazine groups is 1. The molecule has 0 saturated carbocycles. The number of amides is 1. The Bertz CT molecular complexity index is 774. The molecular weight excluding hydrogens is 332 g/mol. The maximum absolute atomic E-state index is 12.9. The quantitative estimate of drug-likeness (QED) is 0.619. The van der Waals surface area contributed by atoms with Crippen molar-refractivity contribution in [2.75, 3.05) is 18.4 Å². The molecule has 9 nitrogen and oxygen atoms in total. The van der Waals surface area contributed by atoms with Crippen molar-refractivity contribution in [3.8, 4) is 5.95 Å². The zero-order valence-electron chi connectivity index (χ0n) is 14.9. The average Bonchev–Trinajstić information content (AvgIpc) is 3.27. The molecule has 3 unspecified atom stereocenters. The highest BCUT2D eigenvalue weighted by atomic mass is 16.2. The average molecular weight is 356 g/mol. The van der Waals surface area contributed by atoms with Gasteiger partial charge in [-0.1, -0.05) is 13.8 Å². The van der Waals surface area contributed by atoms with Gasteiger partial charge >= 0.3 is 0 Å². The highest BCUT2D eigenvalue weighted by Crippen LogP contribution is 2.23. The van der Waals surface area contributed by atoms with Gasteiger partial charge in [-0.05, 0) is 24.9 Å². The number of carbonyl (C=O) groups is 1. The summed E-state index contributed by atoms with van der Waals surface area (Å²) in [4.78, 5) is 21.4. The highest BCUT2D eigenvalue weighted by Gasteiger charge is 2.41. The number of rotatable bonds is 4. The van der Waals surface area contributed by atoms with E-state index in [1.807, 2.05) is 6.07 Å². The van der Waals surface area contributed by atoms with Crippen molar-refractivity contribution in [3.05, 3.63) is 30.2 Å². The standard InChI is InChI=1S/C17H24N8O/c1-10(2)13-8-14(25(24-13)17-19-5-3-6-20-17)21-16(26)15-11-9-18-7-4-12(11)22-23-15/h3,5-6,8,10-12,15,18,22-23H,4,7,9H2,1-2H3,(H,21,26). The third-order valence-electron chi connectivity index (χ3n) is 4.98. The first-order chi connectivity index (χ1) is 12.6. The summed E-state index contributed by atoms with van der Waals surface area (Å²) in [6.45, 7) is 5.91. The monoisotopic (exact) mass is 356 g/mol. The molecule has 2 saturated heterocycles. The van der Waals surface area contributed by atoms with Crippen LogP contribution in [-0.2, 0) is 4.79 Å². The largest absolute Gasteiger partial charge is 0.316 e. The van der Waals surface area contributed by atoms with Crippen molar-refractivity contribution in [1.82, 2.24) is 35.9 Å². The number of carbonyl (C=O) groups excluding carboxylic acids is 1. The minimum Gasteiger partial charge on any atom is -0.316 e. The lowest BCUT2D eigenvalue weighted by Crippen LogP contribution is -2.47. The predicted octanol–water partition coefficient (Wildman–Crippen LogP) is 0.179. The summed E-state index contributed by atoms with van der Waals surface area (Å²) in [7, 11) is 0. The Morgan fingerprint density at radius 2 is 2.12 bits per heavy atom. The van der Waals surface area contributed by atoms with E-state index in [-0.39, 0.29) is 23.8 Å². The zero-order valence-corrected chi connectivity index (χ0v) is 14.9. The number of hydrogen-bond donors (Lipinski definition) is 4. The summed E-state index contributed by atoms with van der Waals surface area (Å²) in [5.41, 5.74) is 7.27. The molecule has 1 amide bonds. The van der Waals surface area contributed by atoms with E-state index in [1.54, 1.807) is 23.1 Å². The fourth-order valence-electron chi connectivity index (χ4n) is 3.50. The molecule has 2 aromatic rings. The number of piperidine rings is 1. The minimum absolute atomic E-state index is 0.0823. The van der Waals surface area contributed by atoms with Crippen LogP contribution >= 0.6 is 0 Å². The normalized spacial score (nSPS) is 25.3. The summed E-state index contributed by atoms with van der Waals surface area (Å²) in [5.74, 6) is 1.39. The van der Waals surface area contributed by atoms with Crippen LogP contribution in [0.2, 0.25) is 0 Å². The molecule has 2 aliphatic rings. The number of anilines is 1. The molecule has 0 spiro atoms. The lowest BCUT2D eigenvalue weighted by atomic mass is 9.89. The van der Waals surface area contributed by atoms with Gasteiger partial charge in [-0.25, -0.2) is 15.4 Å². The van der Waals surface area contributed by atoms with Crippen molar-refractivity contribution in [1.29, 1.82) is 0 Å². The van der Waals surface area contributed by atoms with E-state index in [0.29, 0.717) is 17.8 Å². The van der Waals surface area contributed by atoms with Gasteiger partial charge in [0.15, 0.2) is 0 Å². The molecule has 4 N–H and O–H groups in total. The number of aromatic nitrogens is 4. The van der Waals surface area contributed by atoms with Gasteiger partial charge in [0.1, 0.15) is 11.9 Å². The van der Waals surface area contributed by atoms with Gasteiger partial charge in [-0.15, -0.1) is 0 Å². The van der Waals surface area contributed by atoms with E-state index >= 15 is 0 Å². The zero-order chi connectivity index (χ0) is 18.1. The van der Waals surface area contributed by atoms with Crippen molar-refractivity contribution >= 4 is 11.7 Å². The van der Waals surface area contributed by atoms with E-state index in [4.69, 9.17) is 0 Å². The molecule has 2 fully saturated rings. The second kappa shape index (κ2) is 7.10. The summed E-state index contributed by atoms with van der Waals surface area (Å²) in [6.07, 6.45) is 4.32. The Morgan fingerprint density at radius 3 is 2.88 bits per heavy atom. The Balaban J connectivity index is 1.58. The van der Waals surface area contributed by atoms with Crippen molar-refractivity contribution in [3.63, 3.8) is 0 Å². The van der Waals surface area contributed by atoms with Gasteiger partial charge in [0.25, 0.3) is 5.95 Å². The molecule has 4 heterocycles. The molecule has 3 atom stereocenters. The van der Waals surface area contributed by atoms with Crippen LogP contribution < -0.4 is 21.5 Å². The smallest absolute Gasteiger partial charge is 0.252 e. The highest BCUT2D eigenvalue weighted by molar-refractivity contribution is 5.95. The van der Waals surface area contributed by atoms with Crippen molar-refractivity contribution in [2.45, 2.75) is 38.3 Å². The number of nitrogens with one attached hydrogen (secondary N) is 4.